The van der Waals surface area contributed by atoms with Crippen LogP contribution in [0.5, 0.6) is 0 Å². The number of nitrogens with zero attached hydrogens (tertiary/aromatic N) is 2. The number of amides is 1. The smallest absolute Gasteiger partial charge is 0.264 e. The molecule has 2 aromatic carbocycles. The molecule has 0 aliphatic rings. The third-order valence-electron chi connectivity index (χ3n) is 4.06. The molecule has 7 heteroatoms. The van der Waals surface area contributed by atoms with Crippen LogP contribution in [0.25, 0.3) is 0 Å². The van der Waals surface area contributed by atoms with Gasteiger partial charge in [-0.05, 0) is 48.2 Å². The van der Waals surface area contributed by atoms with Gasteiger partial charge in [0.1, 0.15) is 0 Å². The van der Waals surface area contributed by atoms with Crippen molar-refractivity contribution in [3.05, 3.63) is 95.6 Å². The van der Waals surface area contributed by atoms with Crippen LogP contribution < -0.4 is 10.1 Å². The first kappa shape index (κ1) is 18.6. The van der Waals surface area contributed by atoms with E-state index in [2.05, 4.69) is 10.4 Å². The van der Waals surface area contributed by atoms with Crippen LogP contribution in [0.1, 0.15) is 27.0 Å². The molecule has 1 amide bonds. The van der Waals surface area contributed by atoms with Crippen molar-refractivity contribution in [1.29, 1.82) is 0 Å². The fourth-order valence-corrected chi connectivity index (χ4v) is 2.55. The van der Waals surface area contributed by atoms with Crippen molar-refractivity contribution in [3.63, 3.8) is 0 Å². The highest BCUT2D eigenvalue weighted by Gasteiger charge is 2.29. The van der Waals surface area contributed by atoms with Crippen LogP contribution in [0.4, 0.5) is 13.2 Å². The maximum Gasteiger partial charge on any atom is 0.416 e. The average molecular weight is 372 g/mol. The zero-order chi connectivity index (χ0) is 19.3. The molecular weight excluding hydrogens is 355 g/mol. The van der Waals surface area contributed by atoms with E-state index in [0.29, 0.717) is 18.4 Å². The van der Waals surface area contributed by atoms with Crippen LogP contribution in [-0.4, -0.2) is 10.9 Å². The molecule has 0 aliphatic carbocycles. The SMILES string of the molecule is O=C(N[n+]1ccncc1)c1ccc(CCc2ccc(C(F)(F)F)cc2)cc1. The van der Waals surface area contributed by atoms with Gasteiger partial charge in [0, 0.05) is 5.56 Å². The van der Waals surface area contributed by atoms with Crippen molar-refractivity contribution in [2.45, 2.75) is 19.0 Å². The van der Waals surface area contributed by atoms with Crippen molar-refractivity contribution in [2.24, 2.45) is 0 Å². The number of hydrogen-bond donors (Lipinski definition) is 1. The Kier molecular flexibility index (Phi) is 5.49. The van der Waals surface area contributed by atoms with Crippen LogP contribution in [0, 0.1) is 0 Å². The Hall–Kier alpha value is -3.22. The van der Waals surface area contributed by atoms with Crippen LogP contribution in [0.2, 0.25) is 0 Å². The number of nitrogens with one attached hydrogen (secondary N) is 1. The second-order valence-electron chi connectivity index (χ2n) is 5.99. The fraction of sp³-hybridized carbons (Fsp3) is 0.150. The fourth-order valence-electron chi connectivity index (χ4n) is 2.55. The van der Waals surface area contributed by atoms with E-state index in [1.807, 2.05) is 12.1 Å². The van der Waals surface area contributed by atoms with Gasteiger partial charge in [-0.25, -0.2) is 0 Å². The van der Waals surface area contributed by atoms with Crippen molar-refractivity contribution in [3.8, 4) is 0 Å². The van der Waals surface area contributed by atoms with E-state index in [4.69, 9.17) is 0 Å². The van der Waals surface area contributed by atoms with Gasteiger partial charge < -0.3 is 0 Å². The number of aryl methyl sites for hydroxylation is 2. The maximum atomic E-state index is 12.6. The standard InChI is InChI=1S/C20H16F3N3O/c21-20(22,23)18-9-5-16(6-10-18)2-1-15-3-7-17(8-4-15)19(27)25-26-13-11-24-12-14-26/h3-14H,1-2H2/p+1. The number of carbonyl (C=O) groups excluding carboxylic acids is 1. The van der Waals surface area contributed by atoms with Gasteiger partial charge in [-0.15, -0.1) is 5.43 Å². The predicted molar refractivity (Wildman–Crippen MR) is 93.4 cm³/mol. The lowest BCUT2D eigenvalue weighted by Gasteiger charge is -2.08. The highest BCUT2D eigenvalue weighted by molar-refractivity contribution is 5.98. The quantitative estimate of drug-likeness (QED) is 0.696. The van der Waals surface area contributed by atoms with Gasteiger partial charge in [0.15, 0.2) is 0 Å². The van der Waals surface area contributed by atoms with Gasteiger partial charge in [0.05, 0.1) is 18.0 Å². The largest absolute Gasteiger partial charge is 0.416 e. The number of benzene rings is 2. The Labute approximate surface area is 154 Å². The number of hydrogen-bond acceptors (Lipinski definition) is 2. The molecule has 0 atom stereocenters. The Morgan fingerprint density at radius 3 is 1.93 bits per heavy atom. The Morgan fingerprint density at radius 1 is 0.889 bits per heavy atom. The summed E-state index contributed by atoms with van der Waals surface area (Å²) in [5.41, 5.74) is 4.40. The van der Waals surface area contributed by atoms with Crippen molar-refractivity contribution < 1.29 is 22.6 Å². The molecule has 0 saturated carbocycles. The maximum absolute atomic E-state index is 12.6. The third-order valence-corrected chi connectivity index (χ3v) is 4.06. The first-order chi connectivity index (χ1) is 12.9. The minimum atomic E-state index is -4.32. The first-order valence-corrected chi connectivity index (χ1v) is 8.29. The molecule has 1 aromatic heterocycles. The zero-order valence-electron chi connectivity index (χ0n) is 14.3. The summed E-state index contributed by atoms with van der Waals surface area (Å²) < 4.78 is 39.2. The minimum Gasteiger partial charge on any atom is -0.264 e. The molecule has 1 heterocycles. The van der Waals surface area contributed by atoms with E-state index in [1.54, 1.807) is 36.9 Å². The normalized spacial score (nSPS) is 11.2. The van der Waals surface area contributed by atoms with Crippen LogP contribution in [-0.2, 0) is 19.0 Å². The van der Waals surface area contributed by atoms with Crippen molar-refractivity contribution >= 4 is 5.91 Å². The van der Waals surface area contributed by atoms with Crippen molar-refractivity contribution in [2.75, 3.05) is 5.43 Å². The molecule has 4 nitrogen and oxygen atoms in total. The molecule has 0 radical (unpaired) electrons. The summed E-state index contributed by atoms with van der Waals surface area (Å²) in [5, 5.41) is 0. The van der Waals surface area contributed by atoms with Crippen molar-refractivity contribution in [1.82, 2.24) is 4.98 Å². The lowest BCUT2D eigenvalue weighted by molar-refractivity contribution is -0.641. The second kappa shape index (κ2) is 7.99. The van der Waals surface area contributed by atoms with E-state index in [1.165, 1.54) is 16.8 Å². The molecule has 0 aliphatic heterocycles. The molecule has 0 fully saturated rings. The zero-order valence-corrected chi connectivity index (χ0v) is 14.3. The summed E-state index contributed by atoms with van der Waals surface area (Å²) in [6.45, 7) is 0. The monoisotopic (exact) mass is 372 g/mol. The number of alkyl halides is 3. The molecular formula is C20H17F3N3O+. The van der Waals surface area contributed by atoms with Crippen LogP contribution >= 0.6 is 0 Å². The minimum absolute atomic E-state index is 0.250. The number of carbonyl (C=O) groups is 1. The van der Waals surface area contributed by atoms with E-state index >= 15 is 0 Å². The second-order valence-corrected chi connectivity index (χ2v) is 5.99. The molecule has 0 saturated heterocycles. The molecule has 0 bridgehead atoms. The van der Waals surface area contributed by atoms with Gasteiger partial charge in [0.2, 0.25) is 12.4 Å². The van der Waals surface area contributed by atoms with Gasteiger partial charge >= 0.3 is 12.1 Å². The molecule has 27 heavy (non-hydrogen) atoms. The molecule has 0 unspecified atom stereocenters. The summed E-state index contributed by atoms with van der Waals surface area (Å²) in [5.74, 6) is -0.250. The van der Waals surface area contributed by atoms with Gasteiger partial charge in [-0.2, -0.15) is 13.2 Å². The lowest BCUT2D eigenvalue weighted by atomic mass is 10.0. The summed E-state index contributed by atoms with van der Waals surface area (Å²) >= 11 is 0. The molecule has 3 rings (SSSR count). The first-order valence-electron chi connectivity index (χ1n) is 8.29. The lowest BCUT2D eigenvalue weighted by Crippen LogP contribution is -2.47. The van der Waals surface area contributed by atoms with Crippen LogP contribution in [0.3, 0.4) is 0 Å². The molecule has 138 valence electrons. The van der Waals surface area contributed by atoms with Gasteiger partial charge in [-0.1, -0.05) is 28.9 Å². The molecule has 1 N–H and O–H groups in total. The Morgan fingerprint density at radius 2 is 1.41 bits per heavy atom. The highest BCUT2D eigenvalue weighted by atomic mass is 19.4. The number of aromatic nitrogens is 2. The molecule has 3 aromatic rings. The van der Waals surface area contributed by atoms with Gasteiger partial charge in [-0.3, -0.25) is 9.78 Å². The van der Waals surface area contributed by atoms with Crippen LogP contribution in [0.15, 0.2) is 73.3 Å². The summed E-state index contributed by atoms with van der Waals surface area (Å²) in [6, 6.07) is 12.3. The van der Waals surface area contributed by atoms with E-state index < -0.39 is 11.7 Å². The van der Waals surface area contributed by atoms with Gasteiger partial charge in [0.25, 0.3) is 0 Å². The van der Waals surface area contributed by atoms with E-state index in [9.17, 15) is 18.0 Å². The predicted octanol–water partition coefficient (Wildman–Crippen LogP) is 3.56. The summed E-state index contributed by atoms with van der Waals surface area (Å²) in [6.07, 6.45) is 3.34. The van der Waals surface area contributed by atoms with E-state index in [-0.39, 0.29) is 5.91 Å². The Bertz CT molecular complexity index is 893. The topological polar surface area (TPSA) is 45.9 Å². The highest BCUT2D eigenvalue weighted by Crippen LogP contribution is 2.29. The summed E-state index contributed by atoms with van der Waals surface area (Å²) in [7, 11) is 0. The number of halogens is 3. The average Bonchev–Trinajstić information content (AvgIpc) is 2.67. The third kappa shape index (κ3) is 5.13. The number of rotatable bonds is 5. The molecule has 0 spiro atoms. The summed E-state index contributed by atoms with van der Waals surface area (Å²) in [4.78, 5) is 16.0. The van der Waals surface area contributed by atoms with E-state index in [0.717, 1.165) is 23.3 Å². The Balaban J connectivity index is 1.57.